The number of fused-ring (bicyclic) bond motifs is 1. The molecular formula is C13H14N2O4S. The highest BCUT2D eigenvalue weighted by Gasteiger charge is 2.23. The monoisotopic (exact) mass is 294 g/mol. The quantitative estimate of drug-likeness (QED) is 0.860. The van der Waals surface area contributed by atoms with Crippen molar-refractivity contribution in [2.45, 2.75) is 12.5 Å². The third kappa shape index (κ3) is 2.62. The first-order valence-corrected chi connectivity index (χ1v) is 7.41. The molecule has 2 rings (SSSR count). The molecule has 0 fully saturated rings. The van der Waals surface area contributed by atoms with Gasteiger partial charge in [-0.1, -0.05) is 12.1 Å². The number of carboxylic acids is 1. The van der Waals surface area contributed by atoms with Crippen LogP contribution in [0.25, 0.3) is 10.9 Å². The minimum absolute atomic E-state index is 0.220. The Hall–Kier alpha value is -2.02. The number of H-pyrrole nitrogens is 1. The van der Waals surface area contributed by atoms with Crippen LogP contribution in [0.3, 0.4) is 0 Å². The molecule has 0 saturated carbocycles. The second kappa shape index (κ2) is 5.96. The van der Waals surface area contributed by atoms with Gasteiger partial charge in [0, 0.05) is 0 Å². The summed E-state index contributed by atoms with van der Waals surface area (Å²) >= 11 is 1.47. The van der Waals surface area contributed by atoms with Gasteiger partial charge in [-0.25, -0.2) is 14.2 Å². The number of carbonyl (C=O) groups is 1. The van der Waals surface area contributed by atoms with Gasteiger partial charge in [-0.15, -0.1) is 0 Å². The van der Waals surface area contributed by atoms with Crippen molar-refractivity contribution < 1.29 is 9.90 Å². The van der Waals surface area contributed by atoms with Crippen LogP contribution in [0.5, 0.6) is 0 Å². The largest absolute Gasteiger partial charge is 0.480 e. The van der Waals surface area contributed by atoms with E-state index in [0.717, 1.165) is 4.57 Å². The first-order valence-electron chi connectivity index (χ1n) is 6.01. The summed E-state index contributed by atoms with van der Waals surface area (Å²) in [6, 6.07) is 5.40. The van der Waals surface area contributed by atoms with Gasteiger partial charge in [0.15, 0.2) is 0 Å². The second-order valence-electron chi connectivity index (χ2n) is 4.29. The van der Waals surface area contributed by atoms with Gasteiger partial charge in [-0.05, 0) is 30.6 Å². The van der Waals surface area contributed by atoms with Crippen LogP contribution in [-0.4, -0.2) is 32.6 Å². The number of aliphatic carboxylic acids is 1. The number of nitrogens with one attached hydrogen (secondary N) is 1. The molecule has 1 aromatic carbocycles. The Bertz CT molecular complexity index is 750. The molecule has 2 aromatic rings. The lowest BCUT2D eigenvalue weighted by molar-refractivity contribution is -0.141. The average Bonchev–Trinajstić information content (AvgIpc) is 2.42. The Kier molecular flexibility index (Phi) is 4.29. The fourth-order valence-corrected chi connectivity index (χ4v) is 2.51. The third-order valence-electron chi connectivity index (χ3n) is 3.03. The lowest BCUT2D eigenvalue weighted by atomic mass is 10.2. The summed E-state index contributed by atoms with van der Waals surface area (Å²) in [5.41, 5.74) is -0.854. The normalized spacial score (nSPS) is 12.4. The van der Waals surface area contributed by atoms with Gasteiger partial charge in [-0.2, -0.15) is 11.8 Å². The van der Waals surface area contributed by atoms with Gasteiger partial charge in [0.1, 0.15) is 6.04 Å². The van der Waals surface area contributed by atoms with Crippen LogP contribution in [0.2, 0.25) is 0 Å². The van der Waals surface area contributed by atoms with Crippen molar-refractivity contribution in [2.24, 2.45) is 0 Å². The minimum atomic E-state index is -1.18. The number of carboxylic acid groups (broad SMARTS) is 1. The van der Waals surface area contributed by atoms with E-state index in [-0.39, 0.29) is 6.42 Å². The van der Waals surface area contributed by atoms with Crippen LogP contribution in [0.4, 0.5) is 0 Å². The maximum Gasteiger partial charge on any atom is 0.329 e. The van der Waals surface area contributed by atoms with Crippen LogP contribution < -0.4 is 11.2 Å². The lowest BCUT2D eigenvalue weighted by Crippen LogP contribution is -2.41. The molecule has 6 nitrogen and oxygen atoms in total. The van der Waals surface area contributed by atoms with E-state index in [1.807, 2.05) is 6.26 Å². The Morgan fingerprint density at radius 1 is 1.40 bits per heavy atom. The fourth-order valence-electron chi connectivity index (χ4n) is 2.05. The molecule has 1 heterocycles. The van der Waals surface area contributed by atoms with Gasteiger partial charge in [0.05, 0.1) is 10.9 Å². The van der Waals surface area contributed by atoms with Gasteiger partial charge in [0.25, 0.3) is 5.56 Å². The Morgan fingerprint density at radius 2 is 2.10 bits per heavy atom. The number of benzene rings is 1. The summed E-state index contributed by atoms with van der Waals surface area (Å²) < 4.78 is 0.793. The van der Waals surface area contributed by atoms with E-state index in [9.17, 15) is 19.5 Å². The molecule has 0 saturated heterocycles. The minimum Gasteiger partial charge on any atom is -0.480 e. The van der Waals surface area contributed by atoms with Crippen molar-refractivity contribution in [3.63, 3.8) is 0 Å². The summed E-state index contributed by atoms with van der Waals surface area (Å²) in [5.74, 6) is -0.628. The number of hydrogen-bond acceptors (Lipinski definition) is 4. The second-order valence-corrected chi connectivity index (χ2v) is 5.27. The van der Waals surface area contributed by atoms with E-state index in [2.05, 4.69) is 4.98 Å². The molecule has 7 heteroatoms. The average molecular weight is 294 g/mol. The molecular weight excluding hydrogens is 280 g/mol. The highest BCUT2D eigenvalue weighted by Crippen LogP contribution is 2.12. The van der Waals surface area contributed by atoms with Crippen molar-refractivity contribution in [1.29, 1.82) is 0 Å². The zero-order chi connectivity index (χ0) is 14.7. The molecule has 0 bridgehead atoms. The molecule has 106 valence electrons. The van der Waals surface area contributed by atoms with E-state index < -0.39 is 23.3 Å². The number of nitrogens with zero attached hydrogens (tertiary/aromatic N) is 1. The van der Waals surface area contributed by atoms with Gasteiger partial charge in [0.2, 0.25) is 0 Å². The summed E-state index contributed by atoms with van der Waals surface area (Å²) in [6.07, 6.45) is 2.06. The molecule has 1 atom stereocenters. The zero-order valence-corrected chi connectivity index (χ0v) is 11.6. The van der Waals surface area contributed by atoms with Crippen molar-refractivity contribution in [2.75, 3.05) is 12.0 Å². The number of aromatic amines is 1. The number of hydrogen-bond donors (Lipinski definition) is 2. The molecule has 1 aromatic heterocycles. The first kappa shape index (κ1) is 14.4. The fraction of sp³-hybridized carbons (Fsp3) is 0.308. The highest BCUT2D eigenvalue weighted by atomic mass is 32.2. The van der Waals surface area contributed by atoms with E-state index in [4.69, 9.17) is 0 Å². The summed E-state index contributed by atoms with van der Waals surface area (Å²) in [4.78, 5) is 38.2. The molecule has 0 aliphatic heterocycles. The maximum absolute atomic E-state index is 12.3. The molecule has 0 amide bonds. The van der Waals surface area contributed by atoms with E-state index in [1.165, 1.54) is 11.8 Å². The number of rotatable bonds is 5. The van der Waals surface area contributed by atoms with Crippen LogP contribution in [-0.2, 0) is 4.79 Å². The predicted molar refractivity (Wildman–Crippen MR) is 78.5 cm³/mol. The van der Waals surface area contributed by atoms with Crippen molar-refractivity contribution in [3.05, 3.63) is 45.1 Å². The molecule has 0 unspecified atom stereocenters. The van der Waals surface area contributed by atoms with Gasteiger partial charge >= 0.3 is 11.7 Å². The van der Waals surface area contributed by atoms with Crippen molar-refractivity contribution in [3.8, 4) is 0 Å². The van der Waals surface area contributed by atoms with Crippen LogP contribution in [0.1, 0.15) is 12.5 Å². The summed E-state index contributed by atoms with van der Waals surface area (Å²) in [5, 5.41) is 9.56. The zero-order valence-electron chi connectivity index (χ0n) is 10.8. The highest BCUT2D eigenvalue weighted by molar-refractivity contribution is 7.98. The maximum atomic E-state index is 12.3. The van der Waals surface area contributed by atoms with Crippen molar-refractivity contribution in [1.82, 2.24) is 9.55 Å². The first-order chi connectivity index (χ1) is 9.56. The van der Waals surface area contributed by atoms with Gasteiger partial charge in [-0.3, -0.25) is 4.79 Å². The molecule has 2 N–H and O–H groups in total. The molecule has 0 aliphatic carbocycles. The summed E-state index contributed by atoms with van der Waals surface area (Å²) in [6.45, 7) is 0. The molecule has 0 spiro atoms. The number of aromatic nitrogens is 2. The van der Waals surface area contributed by atoms with Crippen molar-refractivity contribution >= 4 is 28.6 Å². The third-order valence-corrected chi connectivity index (χ3v) is 3.67. The number of para-hydroxylation sites is 1. The lowest BCUT2D eigenvalue weighted by Gasteiger charge is -2.14. The Balaban J connectivity index is 2.66. The predicted octanol–water partition coefficient (Wildman–Crippen LogP) is 1.07. The van der Waals surface area contributed by atoms with Crippen LogP contribution in [0.15, 0.2) is 33.9 Å². The summed E-state index contributed by atoms with van der Waals surface area (Å²) in [7, 11) is 0. The molecule has 0 radical (unpaired) electrons. The smallest absolute Gasteiger partial charge is 0.329 e. The Labute approximate surface area is 118 Å². The molecule has 0 aliphatic rings. The van der Waals surface area contributed by atoms with E-state index in [0.29, 0.717) is 16.7 Å². The van der Waals surface area contributed by atoms with Crippen LogP contribution >= 0.6 is 11.8 Å². The Morgan fingerprint density at radius 3 is 2.75 bits per heavy atom. The van der Waals surface area contributed by atoms with E-state index >= 15 is 0 Å². The van der Waals surface area contributed by atoms with Crippen LogP contribution in [0, 0.1) is 0 Å². The van der Waals surface area contributed by atoms with E-state index in [1.54, 1.807) is 24.3 Å². The molecule has 20 heavy (non-hydrogen) atoms. The van der Waals surface area contributed by atoms with Gasteiger partial charge < -0.3 is 10.1 Å². The number of thioether (sulfide) groups is 1. The standard InChI is InChI=1S/C13H14N2O4S/c1-20-7-6-10(12(17)18)15-11(16)8-4-2-3-5-9(8)14-13(15)19/h2-5,10H,6-7H2,1H3,(H,14,19)(H,17,18)/t10-/m0/s1. The SMILES string of the molecule is CSCC[C@@H](C(=O)O)n1c(=O)[nH]c2ccccc2c1=O. The topological polar surface area (TPSA) is 92.2 Å².